The Balaban J connectivity index is 1.35. The van der Waals surface area contributed by atoms with E-state index in [0.717, 1.165) is 5.56 Å². The van der Waals surface area contributed by atoms with Crippen LogP contribution in [-0.2, 0) is 24.3 Å². The van der Waals surface area contributed by atoms with Crippen LogP contribution in [0.4, 0.5) is 10.5 Å². The van der Waals surface area contributed by atoms with E-state index >= 15 is 0 Å². The number of pyridine rings is 1. The molecule has 3 atom stereocenters. The Bertz CT molecular complexity index is 2500. The second kappa shape index (κ2) is 17.4. The maximum absolute atomic E-state index is 14.7. The first-order valence-corrected chi connectivity index (χ1v) is 20.8. The summed E-state index contributed by atoms with van der Waals surface area (Å²) >= 11 is 0. The lowest BCUT2D eigenvalue weighted by Crippen LogP contribution is -2.57. The van der Waals surface area contributed by atoms with Gasteiger partial charge in [-0.05, 0) is 62.6 Å². The van der Waals surface area contributed by atoms with Crippen molar-refractivity contribution in [3.63, 3.8) is 0 Å². The van der Waals surface area contributed by atoms with E-state index in [1.807, 2.05) is 42.5 Å². The van der Waals surface area contributed by atoms with Gasteiger partial charge in [0.15, 0.2) is 0 Å². The van der Waals surface area contributed by atoms with Gasteiger partial charge < -0.3 is 29.7 Å². The number of carbonyl (C=O) groups excluding carboxylic acids is 4. The van der Waals surface area contributed by atoms with Crippen LogP contribution in [-0.4, -0.2) is 79.6 Å². The number of aromatic nitrogens is 1. The Hall–Kier alpha value is -6.48. The molecule has 0 bridgehead atoms. The number of methoxy groups -OCH3 is 1. The normalized spacial score (nSPS) is 16.1. The molecule has 4 aromatic carbocycles. The smallest absolute Gasteiger partial charge is 0.408 e. The number of likely N-dealkylation sites (tertiary alicyclic amines) is 1. The van der Waals surface area contributed by atoms with Gasteiger partial charge in [-0.15, -0.1) is 0 Å². The van der Waals surface area contributed by atoms with Crippen molar-refractivity contribution >= 4 is 50.4 Å². The maximum Gasteiger partial charge on any atom is 0.408 e. The minimum atomic E-state index is -4.25. The molecule has 6 rings (SSSR count). The van der Waals surface area contributed by atoms with Crippen molar-refractivity contribution in [1.29, 1.82) is 0 Å². The van der Waals surface area contributed by atoms with Crippen molar-refractivity contribution in [1.82, 2.24) is 19.9 Å². The Labute approximate surface area is 349 Å². The third-order valence-electron chi connectivity index (χ3n) is 9.67. The number of sulfonamides is 1. The predicted octanol–water partition coefficient (Wildman–Crippen LogP) is 6.96. The molecule has 5 aromatic rings. The van der Waals surface area contributed by atoms with Crippen LogP contribution in [0.25, 0.3) is 22.2 Å². The van der Waals surface area contributed by atoms with E-state index < -0.39 is 63.0 Å². The number of anilines is 1. The number of fused-ring (bicyclic) bond motifs is 1. The lowest BCUT2D eigenvalue weighted by molar-refractivity contribution is -0.140. The zero-order valence-electron chi connectivity index (χ0n) is 34.5. The van der Waals surface area contributed by atoms with Crippen LogP contribution in [0.1, 0.15) is 58.3 Å². The average molecular weight is 836 g/mol. The van der Waals surface area contributed by atoms with E-state index in [2.05, 4.69) is 15.4 Å². The molecule has 4 amide bonds. The fourth-order valence-corrected chi connectivity index (χ4v) is 7.78. The Kier molecular flexibility index (Phi) is 12.5. The van der Waals surface area contributed by atoms with Gasteiger partial charge in [-0.25, -0.2) is 22.9 Å². The standard InChI is InChI=1S/C45H49N5O9S/c1-44(2,3)39(48-43(54)59-45(4,5)6)42(53)50-27-30(58-38-26-35(28-16-10-8-11-17-28)46-36-24-29(57-7)22-23-32(36)38)25-37(50)41(52)47-34-21-15-14-20-33(34)40(51)49-60(55,56)31-18-12-9-13-19-31/h8-24,26,30,37,39H,25,27H2,1-7H3,(H,47,52)(H,48,54)(H,49,51)/t30-,37?,39-/m1/s1. The number of hydrogen-bond donors (Lipinski definition) is 3. The van der Waals surface area contributed by atoms with Crippen molar-refractivity contribution in [2.24, 2.45) is 5.41 Å². The first kappa shape index (κ1) is 43.1. The predicted molar refractivity (Wildman–Crippen MR) is 227 cm³/mol. The van der Waals surface area contributed by atoms with Crippen molar-refractivity contribution in [2.45, 2.75) is 76.6 Å². The molecule has 0 radical (unpaired) electrons. The number of hydrogen-bond acceptors (Lipinski definition) is 10. The Morgan fingerprint density at radius 1 is 0.833 bits per heavy atom. The summed E-state index contributed by atoms with van der Waals surface area (Å²) in [4.78, 5) is 61.9. The molecule has 0 spiro atoms. The van der Waals surface area contributed by atoms with E-state index in [9.17, 15) is 27.6 Å². The highest BCUT2D eigenvalue weighted by Gasteiger charge is 2.46. The van der Waals surface area contributed by atoms with Crippen LogP contribution in [0.15, 0.2) is 114 Å². The van der Waals surface area contributed by atoms with Gasteiger partial charge >= 0.3 is 6.09 Å². The van der Waals surface area contributed by atoms with E-state index in [-0.39, 0.29) is 29.1 Å². The van der Waals surface area contributed by atoms with E-state index in [4.69, 9.17) is 19.2 Å². The minimum Gasteiger partial charge on any atom is -0.497 e. The molecule has 1 aliphatic heterocycles. The highest BCUT2D eigenvalue weighted by atomic mass is 32.2. The van der Waals surface area contributed by atoms with E-state index in [1.165, 1.54) is 47.4 Å². The molecule has 1 unspecified atom stereocenters. The summed E-state index contributed by atoms with van der Waals surface area (Å²) in [5, 5.41) is 6.17. The number of alkyl carbamates (subject to hydrolysis) is 1. The number of para-hydroxylation sites is 1. The number of nitrogens with zero attached hydrogens (tertiary/aromatic N) is 2. The van der Waals surface area contributed by atoms with Crippen molar-refractivity contribution in [2.75, 3.05) is 19.0 Å². The molecule has 1 aliphatic rings. The van der Waals surface area contributed by atoms with Crippen LogP contribution in [0.5, 0.6) is 11.5 Å². The summed E-state index contributed by atoms with van der Waals surface area (Å²) in [6.07, 6.45) is -1.53. The molecule has 60 heavy (non-hydrogen) atoms. The SMILES string of the molecule is COc1ccc2c(O[C@@H]3CC(C(=O)Nc4ccccc4C(=O)NS(=O)(=O)c4ccccc4)N(C(=O)[C@@H](NC(=O)OC(C)(C)C)C(C)(C)C)C3)cc(-c3ccccc3)nc2c1. The van der Waals surface area contributed by atoms with Gasteiger partial charge in [0.2, 0.25) is 11.8 Å². The van der Waals surface area contributed by atoms with Gasteiger partial charge in [0, 0.05) is 29.5 Å². The molecule has 2 heterocycles. The Morgan fingerprint density at radius 3 is 2.13 bits per heavy atom. The number of benzene rings is 4. The third-order valence-corrected chi connectivity index (χ3v) is 11.0. The Morgan fingerprint density at radius 2 is 1.48 bits per heavy atom. The quantitative estimate of drug-likeness (QED) is 0.126. The monoisotopic (exact) mass is 835 g/mol. The molecule has 0 saturated carbocycles. The summed E-state index contributed by atoms with van der Waals surface area (Å²) in [7, 11) is -2.68. The molecule has 314 valence electrons. The molecular weight excluding hydrogens is 787 g/mol. The zero-order valence-corrected chi connectivity index (χ0v) is 35.3. The van der Waals surface area contributed by atoms with Crippen LogP contribution in [0, 0.1) is 5.41 Å². The number of carbonyl (C=O) groups is 4. The lowest BCUT2D eigenvalue weighted by atomic mass is 9.85. The van der Waals surface area contributed by atoms with Gasteiger partial charge in [0.1, 0.15) is 35.3 Å². The second-order valence-electron chi connectivity index (χ2n) is 16.5. The number of rotatable bonds is 11. The van der Waals surface area contributed by atoms with Gasteiger partial charge in [0.05, 0.1) is 41.0 Å². The van der Waals surface area contributed by atoms with Crippen LogP contribution in [0.2, 0.25) is 0 Å². The number of amides is 4. The van der Waals surface area contributed by atoms with Gasteiger partial charge in [-0.3, -0.25) is 14.4 Å². The van der Waals surface area contributed by atoms with Gasteiger partial charge in [-0.1, -0.05) is 81.4 Å². The highest BCUT2D eigenvalue weighted by Crippen LogP contribution is 2.35. The largest absolute Gasteiger partial charge is 0.497 e. The highest BCUT2D eigenvalue weighted by molar-refractivity contribution is 7.90. The summed E-state index contributed by atoms with van der Waals surface area (Å²) < 4.78 is 45.9. The average Bonchev–Trinajstić information content (AvgIpc) is 3.63. The summed E-state index contributed by atoms with van der Waals surface area (Å²) in [5.74, 6) is -1.15. The van der Waals surface area contributed by atoms with Crippen LogP contribution < -0.4 is 24.8 Å². The number of nitrogens with one attached hydrogen (secondary N) is 3. The first-order valence-electron chi connectivity index (χ1n) is 19.4. The van der Waals surface area contributed by atoms with Crippen molar-refractivity contribution in [3.05, 3.63) is 115 Å². The van der Waals surface area contributed by atoms with E-state index in [0.29, 0.717) is 28.1 Å². The maximum atomic E-state index is 14.7. The fourth-order valence-electron chi connectivity index (χ4n) is 6.79. The molecule has 3 N–H and O–H groups in total. The zero-order chi connectivity index (χ0) is 43.4. The molecule has 1 fully saturated rings. The topological polar surface area (TPSA) is 182 Å². The minimum absolute atomic E-state index is 0.0122. The molecule has 1 aromatic heterocycles. The van der Waals surface area contributed by atoms with Crippen LogP contribution >= 0.6 is 0 Å². The summed E-state index contributed by atoms with van der Waals surface area (Å²) in [6.45, 7) is 10.4. The second-order valence-corrected chi connectivity index (χ2v) is 18.1. The number of ether oxygens (including phenoxy) is 3. The summed E-state index contributed by atoms with van der Waals surface area (Å²) in [5.41, 5.74) is 0.276. The molecular formula is C45H49N5O9S. The van der Waals surface area contributed by atoms with E-state index in [1.54, 1.807) is 72.9 Å². The van der Waals surface area contributed by atoms with Gasteiger partial charge in [0.25, 0.3) is 15.9 Å². The lowest BCUT2D eigenvalue weighted by Gasteiger charge is -2.35. The van der Waals surface area contributed by atoms with Gasteiger partial charge in [-0.2, -0.15) is 0 Å². The van der Waals surface area contributed by atoms with Crippen molar-refractivity contribution in [3.8, 4) is 22.8 Å². The first-order chi connectivity index (χ1) is 28.3. The summed E-state index contributed by atoms with van der Waals surface area (Å²) in [6, 6.07) is 27.8. The fraction of sp³-hybridized carbons (Fsp3) is 0.311. The molecule has 15 heteroatoms. The van der Waals surface area contributed by atoms with Crippen molar-refractivity contribution < 1.29 is 41.8 Å². The molecule has 0 aliphatic carbocycles. The molecule has 14 nitrogen and oxygen atoms in total. The molecule has 1 saturated heterocycles. The third kappa shape index (κ3) is 10.2. The van der Waals surface area contributed by atoms with Crippen LogP contribution in [0.3, 0.4) is 0 Å².